The zero-order chi connectivity index (χ0) is 19.2. The van der Waals surface area contributed by atoms with Crippen molar-refractivity contribution in [1.82, 2.24) is 4.90 Å². The van der Waals surface area contributed by atoms with E-state index in [2.05, 4.69) is 30.9 Å². The molecule has 1 aliphatic rings. The standard InChI is InChI=1S/C23H29N3O/c1-4-6-16-25(5-2)23-24-20(17-19-13-8-7-9-14-19)22(27)26(23)21-15-11-10-12-18(21)3/h7-15,20H,4-6,16-17H2,1-3H3. The number of aryl methyl sites for hydroxylation is 1. The number of hydrogen-bond donors (Lipinski definition) is 0. The molecule has 1 unspecified atom stereocenters. The number of hydrogen-bond acceptors (Lipinski definition) is 3. The van der Waals surface area contributed by atoms with Crippen LogP contribution in [0.3, 0.4) is 0 Å². The average molecular weight is 364 g/mol. The Hall–Kier alpha value is -2.62. The van der Waals surface area contributed by atoms with Gasteiger partial charge in [0.1, 0.15) is 6.04 Å². The van der Waals surface area contributed by atoms with Gasteiger partial charge in [0.2, 0.25) is 5.96 Å². The highest BCUT2D eigenvalue weighted by atomic mass is 16.2. The number of unbranched alkanes of at least 4 members (excludes halogenated alkanes) is 1. The Balaban J connectivity index is 1.95. The quantitative estimate of drug-likeness (QED) is 0.729. The van der Waals surface area contributed by atoms with Crippen molar-refractivity contribution in [3.05, 3.63) is 65.7 Å². The Morgan fingerprint density at radius 3 is 2.41 bits per heavy atom. The Morgan fingerprint density at radius 2 is 1.74 bits per heavy atom. The highest BCUT2D eigenvalue weighted by Crippen LogP contribution is 2.27. The van der Waals surface area contributed by atoms with E-state index in [-0.39, 0.29) is 11.9 Å². The topological polar surface area (TPSA) is 35.9 Å². The molecule has 1 atom stereocenters. The summed E-state index contributed by atoms with van der Waals surface area (Å²) >= 11 is 0. The molecular weight excluding hydrogens is 334 g/mol. The molecule has 0 spiro atoms. The van der Waals surface area contributed by atoms with E-state index in [1.54, 1.807) is 0 Å². The maximum atomic E-state index is 13.4. The molecule has 0 saturated heterocycles. The minimum Gasteiger partial charge on any atom is -0.342 e. The van der Waals surface area contributed by atoms with Gasteiger partial charge >= 0.3 is 0 Å². The first-order chi connectivity index (χ1) is 13.2. The summed E-state index contributed by atoms with van der Waals surface area (Å²) in [6.07, 6.45) is 2.85. The van der Waals surface area contributed by atoms with Crippen molar-refractivity contribution in [1.29, 1.82) is 0 Å². The molecule has 27 heavy (non-hydrogen) atoms. The summed E-state index contributed by atoms with van der Waals surface area (Å²) < 4.78 is 0. The molecule has 142 valence electrons. The summed E-state index contributed by atoms with van der Waals surface area (Å²) in [5, 5.41) is 0. The first kappa shape index (κ1) is 19.2. The number of para-hydroxylation sites is 1. The van der Waals surface area contributed by atoms with Crippen LogP contribution in [0, 0.1) is 6.92 Å². The number of carbonyl (C=O) groups excluding carboxylic acids is 1. The number of nitrogens with zero attached hydrogens (tertiary/aromatic N) is 3. The minimum atomic E-state index is -0.363. The van der Waals surface area contributed by atoms with Crippen molar-refractivity contribution < 1.29 is 4.79 Å². The number of anilines is 1. The maximum Gasteiger partial charge on any atom is 0.259 e. The van der Waals surface area contributed by atoms with Crippen LogP contribution in [0.1, 0.15) is 37.8 Å². The van der Waals surface area contributed by atoms with Gasteiger partial charge in [-0.25, -0.2) is 9.89 Å². The third-order valence-electron chi connectivity index (χ3n) is 5.05. The van der Waals surface area contributed by atoms with Gasteiger partial charge in [0.25, 0.3) is 5.91 Å². The molecule has 4 nitrogen and oxygen atoms in total. The number of rotatable bonds is 7. The van der Waals surface area contributed by atoms with Crippen LogP contribution in [0.2, 0.25) is 0 Å². The molecule has 2 aromatic carbocycles. The van der Waals surface area contributed by atoms with E-state index in [9.17, 15) is 4.79 Å². The lowest BCUT2D eigenvalue weighted by Gasteiger charge is -2.29. The van der Waals surface area contributed by atoms with Gasteiger partial charge < -0.3 is 4.90 Å². The normalized spacial score (nSPS) is 16.6. The molecule has 4 heteroatoms. The highest BCUT2D eigenvalue weighted by Gasteiger charge is 2.38. The molecular formula is C23H29N3O. The molecule has 0 bridgehead atoms. The smallest absolute Gasteiger partial charge is 0.259 e. The van der Waals surface area contributed by atoms with Crippen molar-refractivity contribution in [2.45, 2.75) is 46.1 Å². The van der Waals surface area contributed by atoms with Gasteiger partial charge in [-0.05, 0) is 37.5 Å². The van der Waals surface area contributed by atoms with Gasteiger partial charge in [-0.3, -0.25) is 4.79 Å². The third kappa shape index (κ3) is 4.21. The number of benzene rings is 2. The molecule has 1 heterocycles. The van der Waals surface area contributed by atoms with Gasteiger partial charge in [0, 0.05) is 19.5 Å². The largest absolute Gasteiger partial charge is 0.342 e. The van der Waals surface area contributed by atoms with Crippen LogP contribution in [0.25, 0.3) is 0 Å². The SMILES string of the molecule is CCCCN(CC)C1=NC(Cc2ccccc2)C(=O)N1c1ccccc1C. The van der Waals surface area contributed by atoms with Crippen LogP contribution in [0.4, 0.5) is 5.69 Å². The molecule has 3 rings (SSSR count). The third-order valence-corrected chi connectivity index (χ3v) is 5.05. The summed E-state index contributed by atoms with van der Waals surface area (Å²) in [5.41, 5.74) is 3.17. The van der Waals surface area contributed by atoms with E-state index in [1.165, 1.54) is 0 Å². The zero-order valence-corrected chi connectivity index (χ0v) is 16.6. The van der Waals surface area contributed by atoms with E-state index in [0.29, 0.717) is 6.42 Å². The monoisotopic (exact) mass is 363 g/mol. The van der Waals surface area contributed by atoms with Gasteiger partial charge in [-0.15, -0.1) is 0 Å². The molecule has 0 radical (unpaired) electrons. The summed E-state index contributed by atoms with van der Waals surface area (Å²) in [6.45, 7) is 8.12. The minimum absolute atomic E-state index is 0.0677. The van der Waals surface area contributed by atoms with Crippen LogP contribution >= 0.6 is 0 Å². The summed E-state index contributed by atoms with van der Waals surface area (Å²) in [5.74, 6) is 0.865. The molecule has 1 aliphatic heterocycles. The molecule has 0 saturated carbocycles. The first-order valence-corrected chi connectivity index (χ1v) is 9.92. The molecule has 0 aliphatic carbocycles. The fourth-order valence-electron chi connectivity index (χ4n) is 3.48. The Labute approximate surface area is 162 Å². The number of carbonyl (C=O) groups is 1. The Bertz CT molecular complexity index is 800. The summed E-state index contributed by atoms with van der Waals surface area (Å²) in [6, 6.07) is 17.8. The lowest BCUT2D eigenvalue weighted by atomic mass is 10.1. The van der Waals surface area contributed by atoms with Crippen molar-refractivity contribution in [2.75, 3.05) is 18.0 Å². The summed E-state index contributed by atoms with van der Waals surface area (Å²) in [4.78, 5) is 22.3. The molecule has 0 N–H and O–H groups in total. The van der Waals surface area contributed by atoms with Gasteiger partial charge in [0.15, 0.2) is 0 Å². The lowest BCUT2D eigenvalue weighted by Crippen LogP contribution is -2.45. The van der Waals surface area contributed by atoms with Crippen LogP contribution in [-0.2, 0) is 11.2 Å². The Morgan fingerprint density at radius 1 is 1.04 bits per heavy atom. The summed E-state index contributed by atoms with van der Waals surface area (Å²) in [7, 11) is 0. The number of guanidine groups is 1. The zero-order valence-electron chi connectivity index (χ0n) is 16.6. The van der Waals surface area contributed by atoms with E-state index >= 15 is 0 Å². The molecule has 1 amide bonds. The van der Waals surface area contributed by atoms with Gasteiger partial charge in [-0.1, -0.05) is 61.9 Å². The van der Waals surface area contributed by atoms with Crippen molar-refractivity contribution in [3.8, 4) is 0 Å². The fraction of sp³-hybridized carbons (Fsp3) is 0.391. The van der Waals surface area contributed by atoms with Crippen LogP contribution in [0.5, 0.6) is 0 Å². The van der Waals surface area contributed by atoms with Gasteiger partial charge in [0.05, 0.1) is 5.69 Å². The fourth-order valence-corrected chi connectivity index (χ4v) is 3.48. The van der Waals surface area contributed by atoms with Crippen LogP contribution in [0.15, 0.2) is 59.6 Å². The highest BCUT2D eigenvalue weighted by molar-refractivity contribution is 6.22. The van der Waals surface area contributed by atoms with Crippen molar-refractivity contribution in [3.63, 3.8) is 0 Å². The second-order valence-corrected chi connectivity index (χ2v) is 7.03. The number of aliphatic imine (C=N–C) groups is 1. The van der Waals surface area contributed by atoms with E-state index in [0.717, 1.165) is 48.7 Å². The lowest BCUT2D eigenvalue weighted by molar-refractivity contribution is -0.118. The second-order valence-electron chi connectivity index (χ2n) is 7.03. The predicted octanol–water partition coefficient (Wildman–Crippen LogP) is 4.43. The molecule has 2 aromatic rings. The van der Waals surface area contributed by atoms with E-state index < -0.39 is 0 Å². The van der Waals surface area contributed by atoms with E-state index in [1.807, 2.05) is 54.3 Å². The predicted molar refractivity (Wildman–Crippen MR) is 112 cm³/mol. The number of amides is 1. The van der Waals surface area contributed by atoms with Crippen molar-refractivity contribution in [2.24, 2.45) is 4.99 Å². The van der Waals surface area contributed by atoms with Gasteiger partial charge in [-0.2, -0.15) is 0 Å². The Kier molecular flexibility index (Phi) is 6.28. The average Bonchev–Trinajstić information content (AvgIpc) is 3.00. The van der Waals surface area contributed by atoms with E-state index in [4.69, 9.17) is 4.99 Å². The second kappa shape index (κ2) is 8.85. The first-order valence-electron chi connectivity index (χ1n) is 9.92. The maximum absolute atomic E-state index is 13.4. The van der Waals surface area contributed by atoms with Crippen molar-refractivity contribution >= 4 is 17.6 Å². The molecule has 0 fully saturated rings. The van der Waals surface area contributed by atoms with Crippen LogP contribution < -0.4 is 4.90 Å². The van der Waals surface area contributed by atoms with Crippen LogP contribution in [-0.4, -0.2) is 35.9 Å². The molecule has 0 aromatic heterocycles.